The second-order valence-electron chi connectivity index (χ2n) is 14.0. The fourth-order valence-corrected chi connectivity index (χ4v) is 6.81. The van der Waals surface area contributed by atoms with E-state index in [1.165, 1.54) is 0 Å². The van der Waals surface area contributed by atoms with Gasteiger partial charge in [0.1, 0.15) is 19.3 Å². The quantitative estimate of drug-likeness (QED) is 0.107. The number of amides is 3. The summed E-state index contributed by atoms with van der Waals surface area (Å²) in [6, 6.07) is 34.7. The molecule has 0 radical (unpaired) electrons. The van der Waals surface area contributed by atoms with Crippen LogP contribution >= 0.6 is 0 Å². The third-order valence-electron chi connectivity index (χ3n) is 9.79. The molecule has 0 bridgehead atoms. The van der Waals surface area contributed by atoms with Gasteiger partial charge in [-0.1, -0.05) is 130 Å². The Morgan fingerprint density at radius 1 is 0.736 bits per heavy atom. The number of rotatable bonds is 18. The van der Waals surface area contributed by atoms with Gasteiger partial charge >= 0.3 is 12.2 Å². The summed E-state index contributed by atoms with van der Waals surface area (Å²) in [5.74, 6) is -0.306. The van der Waals surface area contributed by atoms with Gasteiger partial charge in [0.15, 0.2) is 5.78 Å². The summed E-state index contributed by atoms with van der Waals surface area (Å²) in [6.07, 6.45) is 0.578. The van der Waals surface area contributed by atoms with E-state index in [4.69, 9.17) is 9.47 Å². The molecule has 0 saturated carbocycles. The number of ether oxygens (including phenoxy) is 2. The molecule has 0 aromatic heterocycles. The number of Topliss-reactive ketones (excluding diaryl/α,β-unsaturated/α-hetero) is 1. The normalized spacial score (nSPS) is 13.0. The van der Waals surface area contributed by atoms with Crippen LogP contribution in [0.25, 0.3) is 11.1 Å². The van der Waals surface area contributed by atoms with Gasteiger partial charge in [0.05, 0.1) is 6.54 Å². The molecule has 3 amide bonds. The monoisotopic (exact) mass is 717 g/mol. The molecule has 0 saturated heterocycles. The molecule has 4 aromatic carbocycles. The summed E-state index contributed by atoms with van der Waals surface area (Å²) in [4.78, 5) is 54.9. The molecule has 0 aliphatic heterocycles. The molecule has 53 heavy (non-hydrogen) atoms. The van der Waals surface area contributed by atoms with Gasteiger partial charge in [0, 0.05) is 31.3 Å². The van der Waals surface area contributed by atoms with Gasteiger partial charge in [0.25, 0.3) is 0 Å². The van der Waals surface area contributed by atoms with Crippen molar-refractivity contribution >= 4 is 23.9 Å². The lowest BCUT2D eigenvalue weighted by molar-refractivity contribution is -0.134. The zero-order chi connectivity index (χ0) is 37.6. The first-order valence-corrected chi connectivity index (χ1v) is 18.6. The molecule has 4 aromatic rings. The van der Waals surface area contributed by atoms with Crippen LogP contribution in [0.1, 0.15) is 80.5 Å². The number of nitrogens with one attached hydrogen (secondary N) is 2. The molecule has 2 N–H and O–H groups in total. The van der Waals surface area contributed by atoms with Crippen LogP contribution in [0, 0.1) is 5.92 Å². The van der Waals surface area contributed by atoms with Crippen molar-refractivity contribution in [3.63, 3.8) is 0 Å². The molecule has 9 nitrogen and oxygen atoms in total. The van der Waals surface area contributed by atoms with Gasteiger partial charge in [-0.2, -0.15) is 0 Å². The SMILES string of the molecule is CC[C@H](CN(CCC(=O)CNC(=O)OCc1ccccc1)C(=O)[C@H](CCC(C)C)NC(=O)OCC1c2ccccc2-c2ccccc21)c1ccccc1. The van der Waals surface area contributed by atoms with Gasteiger partial charge in [-0.05, 0) is 58.6 Å². The lowest BCUT2D eigenvalue weighted by Gasteiger charge is -2.31. The van der Waals surface area contributed by atoms with E-state index in [0.717, 1.165) is 39.8 Å². The van der Waals surface area contributed by atoms with Gasteiger partial charge in [-0.3, -0.25) is 9.59 Å². The zero-order valence-corrected chi connectivity index (χ0v) is 31.0. The first-order chi connectivity index (χ1) is 25.7. The van der Waals surface area contributed by atoms with Crippen molar-refractivity contribution in [2.24, 2.45) is 5.92 Å². The number of nitrogens with zero attached hydrogens (tertiary/aromatic N) is 1. The molecule has 0 fully saturated rings. The Kier molecular flexibility index (Phi) is 14.2. The predicted molar refractivity (Wildman–Crippen MR) is 206 cm³/mol. The van der Waals surface area contributed by atoms with E-state index in [0.29, 0.717) is 25.3 Å². The molecule has 1 aliphatic rings. The van der Waals surface area contributed by atoms with Gasteiger partial charge in [-0.15, -0.1) is 0 Å². The van der Waals surface area contributed by atoms with E-state index in [1.807, 2.05) is 84.9 Å². The van der Waals surface area contributed by atoms with Crippen molar-refractivity contribution in [2.75, 3.05) is 26.2 Å². The van der Waals surface area contributed by atoms with Crippen LogP contribution in [-0.4, -0.2) is 61.1 Å². The molecular formula is C44H51N3O6. The van der Waals surface area contributed by atoms with Crippen molar-refractivity contribution in [3.8, 4) is 11.1 Å². The summed E-state index contributed by atoms with van der Waals surface area (Å²) >= 11 is 0. The highest BCUT2D eigenvalue weighted by atomic mass is 16.6. The fourth-order valence-electron chi connectivity index (χ4n) is 6.81. The van der Waals surface area contributed by atoms with E-state index < -0.39 is 18.2 Å². The Bertz CT molecular complexity index is 1770. The molecule has 1 aliphatic carbocycles. The minimum absolute atomic E-state index is 0.0153. The molecule has 2 atom stereocenters. The first kappa shape index (κ1) is 38.8. The number of carbonyl (C=O) groups is 4. The lowest BCUT2D eigenvalue weighted by Crippen LogP contribution is -2.50. The second-order valence-corrected chi connectivity index (χ2v) is 14.0. The average molecular weight is 718 g/mol. The Morgan fingerprint density at radius 2 is 1.34 bits per heavy atom. The summed E-state index contributed by atoms with van der Waals surface area (Å²) in [6.45, 7) is 6.72. The third-order valence-corrected chi connectivity index (χ3v) is 9.79. The average Bonchev–Trinajstić information content (AvgIpc) is 3.51. The van der Waals surface area contributed by atoms with Crippen molar-refractivity contribution in [2.45, 2.75) is 70.9 Å². The molecule has 0 heterocycles. The standard InChI is InChI=1S/C44H51N3O6/c1-4-33(34-17-9-6-10-18-34)28-47(26-25-35(48)27-45-43(50)52-29-32-15-7-5-8-16-32)42(49)41(24-23-31(2)3)46-44(51)53-30-40-38-21-13-11-19-36(38)37-20-12-14-22-39(37)40/h5-22,31,33,40-41H,4,23-30H2,1-3H3,(H,45,50)(H,46,51)/t33-,41+/m1/s1. The Hall–Kier alpha value is -5.44. The van der Waals surface area contributed by atoms with Crippen LogP contribution in [-0.2, 0) is 25.7 Å². The second kappa shape index (κ2) is 19.4. The number of ketones is 1. The van der Waals surface area contributed by atoms with Crippen LogP contribution in [0.5, 0.6) is 0 Å². The number of alkyl carbamates (subject to hydrolysis) is 2. The van der Waals surface area contributed by atoms with Gasteiger partial charge < -0.3 is 25.0 Å². The number of hydrogen-bond donors (Lipinski definition) is 2. The van der Waals surface area contributed by atoms with E-state index in [1.54, 1.807) is 4.90 Å². The molecule has 0 spiro atoms. The van der Waals surface area contributed by atoms with Crippen molar-refractivity contribution in [1.82, 2.24) is 15.5 Å². The van der Waals surface area contributed by atoms with Crippen LogP contribution < -0.4 is 10.6 Å². The molecule has 9 heteroatoms. The molecular weight excluding hydrogens is 666 g/mol. The first-order valence-electron chi connectivity index (χ1n) is 18.6. The highest BCUT2D eigenvalue weighted by molar-refractivity contribution is 5.87. The predicted octanol–water partition coefficient (Wildman–Crippen LogP) is 8.24. The smallest absolute Gasteiger partial charge is 0.407 e. The number of carbonyl (C=O) groups excluding carboxylic acids is 4. The van der Waals surface area contributed by atoms with Crippen LogP contribution in [0.3, 0.4) is 0 Å². The Balaban J connectivity index is 1.25. The third kappa shape index (κ3) is 11.0. The lowest BCUT2D eigenvalue weighted by atomic mass is 9.95. The topological polar surface area (TPSA) is 114 Å². The molecule has 5 rings (SSSR count). The Morgan fingerprint density at radius 3 is 1.96 bits per heavy atom. The minimum atomic E-state index is -0.845. The largest absolute Gasteiger partial charge is 0.449 e. The van der Waals surface area contributed by atoms with E-state index in [2.05, 4.69) is 55.7 Å². The van der Waals surface area contributed by atoms with E-state index >= 15 is 0 Å². The maximum atomic E-state index is 14.4. The van der Waals surface area contributed by atoms with Crippen molar-refractivity contribution in [3.05, 3.63) is 131 Å². The summed E-state index contributed by atoms with van der Waals surface area (Å²) in [7, 11) is 0. The fraction of sp³-hybridized carbons (Fsp3) is 0.364. The highest BCUT2D eigenvalue weighted by Crippen LogP contribution is 2.44. The number of hydrogen-bond acceptors (Lipinski definition) is 6. The van der Waals surface area contributed by atoms with Crippen LogP contribution in [0.2, 0.25) is 0 Å². The zero-order valence-electron chi connectivity index (χ0n) is 31.0. The van der Waals surface area contributed by atoms with Crippen molar-refractivity contribution in [1.29, 1.82) is 0 Å². The Labute approximate surface area is 313 Å². The van der Waals surface area contributed by atoms with Gasteiger partial charge in [-0.25, -0.2) is 9.59 Å². The molecule has 278 valence electrons. The molecule has 0 unspecified atom stereocenters. The highest BCUT2D eigenvalue weighted by Gasteiger charge is 2.32. The van der Waals surface area contributed by atoms with E-state index in [-0.39, 0.29) is 56.3 Å². The van der Waals surface area contributed by atoms with Crippen LogP contribution in [0.15, 0.2) is 109 Å². The van der Waals surface area contributed by atoms with Crippen molar-refractivity contribution < 1.29 is 28.7 Å². The maximum Gasteiger partial charge on any atom is 0.407 e. The minimum Gasteiger partial charge on any atom is -0.449 e. The van der Waals surface area contributed by atoms with Crippen LogP contribution in [0.4, 0.5) is 9.59 Å². The maximum absolute atomic E-state index is 14.4. The number of benzene rings is 4. The summed E-state index contributed by atoms with van der Waals surface area (Å²) in [5.41, 5.74) is 6.41. The van der Waals surface area contributed by atoms with Gasteiger partial charge in [0.2, 0.25) is 5.91 Å². The number of fused-ring (bicyclic) bond motifs is 3. The summed E-state index contributed by atoms with van der Waals surface area (Å²) < 4.78 is 11.1. The summed E-state index contributed by atoms with van der Waals surface area (Å²) in [5, 5.41) is 5.43. The van der Waals surface area contributed by atoms with E-state index in [9.17, 15) is 19.2 Å².